The van der Waals surface area contributed by atoms with Crippen LogP contribution in [0.5, 0.6) is 0 Å². The molecule has 0 unspecified atom stereocenters. The Hall–Kier alpha value is -1.67. The zero-order valence-electron chi connectivity index (χ0n) is 35.2. The molecule has 0 atom stereocenters. The lowest BCUT2D eigenvalue weighted by Gasteiger charge is -2.23. The van der Waals surface area contributed by atoms with E-state index in [1.165, 1.54) is 173 Å². The molecule has 0 aliphatic carbocycles. The molecule has 8 nitrogen and oxygen atoms in total. The van der Waals surface area contributed by atoms with Crippen LogP contribution in [-0.2, 0) is 19.1 Å². The maximum Gasteiger partial charge on any atom is 0.317 e. The maximum absolute atomic E-state index is 11.7. The largest absolute Gasteiger partial charge is 0.481 e. The molecule has 0 radical (unpaired) electrons. The molecule has 4 N–H and O–H groups in total. The predicted octanol–water partition coefficient (Wildman–Crippen LogP) is 12.6. The third-order valence-corrected chi connectivity index (χ3v) is 10.5. The van der Waals surface area contributed by atoms with Crippen LogP contribution in [0.2, 0.25) is 0 Å². The van der Waals surface area contributed by atoms with Crippen LogP contribution in [0.15, 0.2) is 0 Å². The Morgan fingerprint density at radius 3 is 0.981 bits per heavy atom. The van der Waals surface area contributed by atoms with Crippen molar-refractivity contribution in [2.75, 3.05) is 19.8 Å². The van der Waals surface area contributed by atoms with Crippen LogP contribution in [0.25, 0.3) is 0 Å². The highest BCUT2D eigenvalue weighted by atomic mass is 16.5. The third kappa shape index (κ3) is 39.8. The van der Waals surface area contributed by atoms with Crippen molar-refractivity contribution in [2.45, 2.75) is 239 Å². The van der Waals surface area contributed by atoms with Crippen LogP contribution in [0.3, 0.4) is 0 Å². The molecule has 53 heavy (non-hydrogen) atoms. The summed E-state index contributed by atoms with van der Waals surface area (Å²) in [5.74, 6) is -3.88. The highest BCUT2D eigenvalue weighted by Gasteiger charge is 2.25. The number of hydrogen-bond donors (Lipinski definition) is 4. The van der Waals surface area contributed by atoms with Gasteiger partial charge in [0.1, 0.15) is 6.61 Å². The maximum atomic E-state index is 11.7. The molecule has 0 fully saturated rings. The molecule has 0 aromatic rings. The second kappa shape index (κ2) is 41.5. The fourth-order valence-corrected chi connectivity index (χ4v) is 6.53. The first kappa shape index (κ1) is 53.4. The molecule has 0 bridgehead atoms. The average molecular weight is 757 g/mol. The summed E-state index contributed by atoms with van der Waals surface area (Å²) < 4.78 is 5.15. The van der Waals surface area contributed by atoms with E-state index in [1.54, 1.807) is 6.92 Å². The minimum atomic E-state index is -1.23. The molecular formula is C45H88O8. The Labute approximate surface area is 327 Å². The summed E-state index contributed by atoms with van der Waals surface area (Å²) in [6.07, 6.45) is 42.0. The van der Waals surface area contributed by atoms with E-state index >= 15 is 0 Å². The molecule has 0 amide bonds. The highest BCUT2D eigenvalue weighted by molar-refractivity contribution is 5.92. The van der Waals surface area contributed by atoms with Gasteiger partial charge in [0.15, 0.2) is 5.92 Å². The molecule has 0 saturated carbocycles. The summed E-state index contributed by atoms with van der Waals surface area (Å²) in [7, 11) is 0. The molecule has 0 heterocycles. The van der Waals surface area contributed by atoms with Gasteiger partial charge in [0, 0.05) is 11.8 Å². The number of aliphatic hydroxyl groups is 2. The summed E-state index contributed by atoms with van der Waals surface area (Å²) in [6, 6.07) is 0. The van der Waals surface area contributed by atoms with E-state index in [0.717, 1.165) is 25.7 Å². The minimum Gasteiger partial charge on any atom is -0.481 e. The van der Waals surface area contributed by atoms with E-state index in [2.05, 4.69) is 13.8 Å². The second-order valence-corrected chi connectivity index (χ2v) is 16.2. The summed E-state index contributed by atoms with van der Waals surface area (Å²) in [4.78, 5) is 33.2. The Balaban J connectivity index is 0. The number of aliphatic hydroxyl groups excluding tert-OH is 2. The zero-order valence-corrected chi connectivity index (χ0v) is 35.2. The Kier molecular flexibility index (Phi) is 41.8. The smallest absolute Gasteiger partial charge is 0.317 e. The number of carboxylic acid groups (broad SMARTS) is 2. The van der Waals surface area contributed by atoms with E-state index < -0.39 is 23.3 Å². The van der Waals surface area contributed by atoms with E-state index in [-0.39, 0.29) is 32.2 Å². The molecule has 0 saturated heterocycles. The van der Waals surface area contributed by atoms with Crippen molar-refractivity contribution in [3.05, 3.63) is 0 Å². The lowest BCUT2D eigenvalue weighted by Crippen LogP contribution is -2.32. The van der Waals surface area contributed by atoms with Gasteiger partial charge >= 0.3 is 17.9 Å². The monoisotopic (exact) mass is 757 g/mol. The van der Waals surface area contributed by atoms with Gasteiger partial charge in [-0.15, -0.1) is 0 Å². The van der Waals surface area contributed by atoms with Crippen LogP contribution in [0, 0.1) is 11.3 Å². The van der Waals surface area contributed by atoms with E-state index in [0.29, 0.717) is 12.8 Å². The molecule has 0 spiro atoms. The van der Waals surface area contributed by atoms with Crippen LogP contribution >= 0.6 is 0 Å². The van der Waals surface area contributed by atoms with Gasteiger partial charge in [0.25, 0.3) is 0 Å². The number of hydrogen-bond acceptors (Lipinski definition) is 6. The van der Waals surface area contributed by atoms with Gasteiger partial charge in [-0.25, -0.2) is 0 Å². The van der Waals surface area contributed by atoms with Crippen LogP contribution in [0.4, 0.5) is 0 Å². The normalized spacial score (nSPS) is 11.4. The lowest BCUT2D eigenvalue weighted by atomic mass is 9.94. The number of carbonyl (C=O) groups excluding carboxylic acids is 1. The number of carboxylic acids is 2. The van der Waals surface area contributed by atoms with Crippen LogP contribution < -0.4 is 0 Å². The van der Waals surface area contributed by atoms with Gasteiger partial charge in [-0.3, -0.25) is 14.4 Å². The summed E-state index contributed by atoms with van der Waals surface area (Å²) in [5.41, 5.74) is -0.731. The Bertz CT molecular complexity index is 783. The molecule has 316 valence electrons. The molecule has 8 heteroatoms. The zero-order chi connectivity index (χ0) is 39.7. The van der Waals surface area contributed by atoms with Gasteiger partial charge in [0.2, 0.25) is 0 Å². The van der Waals surface area contributed by atoms with Gasteiger partial charge in [-0.2, -0.15) is 0 Å². The van der Waals surface area contributed by atoms with Crippen molar-refractivity contribution in [1.82, 2.24) is 0 Å². The number of rotatable bonds is 40. The number of carbonyl (C=O) groups is 3. The van der Waals surface area contributed by atoms with Gasteiger partial charge in [0.05, 0.1) is 13.2 Å². The molecule has 0 aromatic heterocycles. The predicted molar refractivity (Wildman–Crippen MR) is 220 cm³/mol. The molecule has 0 aliphatic heterocycles. The fourth-order valence-electron chi connectivity index (χ4n) is 6.53. The topological polar surface area (TPSA) is 141 Å². The first-order valence-electron chi connectivity index (χ1n) is 22.5. The van der Waals surface area contributed by atoms with Gasteiger partial charge in [-0.1, -0.05) is 220 Å². The van der Waals surface area contributed by atoms with Crippen LogP contribution in [0.1, 0.15) is 239 Å². The molecule has 0 aromatic carbocycles. The van der Waals surface area contributed by atoms with Gasteiger partial charge in [-0.05, 0) is 12.8 Å². The van der Waals surface area contributed by atoms with Crippen LogP contribution in [-0.4, -0.2) is 58.2 Å². The molecule has 0 aliphatic rings. The first-order chi connectivity index (χ1) is 25.7. The highest BCUT2D eigenvalue weighted by Crippen LogP contribution is 2.18. The minimum absolute atomic E-state index is 0.0809. The van der Waals surface area contributed by atoms with E-state index in [9.17, 15) is 14.4 Å². The second-order valence-electron chi connectivity index (χ2n) is 16.2. The van der Waals surface area contributed by atoms with Crippen molar-refractivity contribution in [1.29, 1.82) is 0 Å². The van der Waals surface area contributed by atoms with E-state index in [4.69, 9.17) is 25.2 Å². The van der Waals surface area contributed by atoms with Gasteiger partial charge < -0.3 is 25.2 Å². The molecular weight excluding hydrogens is 668 g/mol. The van der Waals surface area contributed by atoms with E-state index in [1.807, 2.05) is 0 Å². The van der Waals surface area contributed by atoms with Crippen molar-refractivity contribution >= 4 is 17.9 Å². The SMILES string of the molecule is CCCCCCCCCCCCCCCCCC(=O)OCC(C)(CO)CO.CCCCCCCCCCCCCCCCCCCC(C(=O)O)C(=O)O. The summed E-state index contributed by atoms with van der Waals surface area (Å²) in [5, 5.41) is 35.9. The summed E-state index contributed by atoms with van der Waals surface area (Å²) >= 11 is 0. The number of ether oxygens (including phenoxy) is 1. The lowest BCUT2D eigenvalue weighted by molar-refractivity contribution is -0.155. The first-order valence-corrected chi connectivity index (χ1v) is 22.5. The third-order valence-electron chi connectivity index (χ3n) is 10.5. The fraction of sp³-hybridized carbons (Fsp3) is 0.933. The molecule has 0 rings (SSSR count). The Morgan fingerprint density at radius 2 is 0.717 bits per heavy atom. The quantitative estimate of drug-likeness (QED) is 0.0275. The summed E-state index contributed by atoms with van der Waals surface area (Å²) in [6.45, 7) is 5.94. The number of esters is 1. The number of aliphatic carboxylic acids is 2. The Morgan fingerprint density at radius 1 is 0.453 bits per heavy atom. The van der Waals surface area contributed by atoms with Crippen molar-refractivity contribution < 1.29 is 39.5 Å². The van der Waals surface area contributed by atoms with Crippen molar-refractivity contribution in [3.63, 3.8) is 0 Å². The standard InChI is InChI=1S/C23H46O4.C22H42O4/c1-3-4-5-6-7-8-9-10-11-12-13-14-15-16-17-18-22(26)27-21-23(2,19-24)20-25;1-2-3-4-5-6-7-8-9-10-11-12-13-14-15-16-17-18-19-20(21(23)24)22(25)26/h24-25H,3-21H2,1-2H3;20H,2-19H2,1H3,(H,23,24)(H,25,26). The van der Waals surface area contributed by atoms with Crippen molar-refractivity contribution in [2.24, 2.45) is 11.3 Å². The average Bonchev–Trinajstić information content (AvgIpc) is 3.14. The number of unbranched alkanes of at least 4 members (excludes halogenated alkanes) is 30. The van der Waals surface area contributed by atoms with Crippen molar-refractivity contribution in [3.8, 4) is 0 Å².